The summed E-state index contributed by atoms with van der Waals surface area (Å²) in [4.78, 5) is 22.3. The molecule has 1 unspecified atom stereocenters. The summed E-state index contributed by atoms with van der Waals surface area (Å²) in [6, 6.07) is 5.55. The Labute approximate surface area is 118 Å². The Morgan fingerprint density at radius 3 is 2.50 bits per heavy atom. The third-order valence-electron chi connectivity index (χ3n) is 3.15. The Balaban J connectivity index is 2.15. The molecule has 1 atom stereocenters. The lowest BCUT2D eigenvalue weighted by Crippen LogP contribution is -2.29. The Morgan fingerprint density at radius 2 is 1.85 bits per heavy atom. The minimum atomic E-state index is -0.968. The number of Topliss-reactive ketones (excluding diaryl/α,β-unsaturated/α-hetero) is 1. The zero-order valence-electron chi connectivity index (χ0n) is 11.4. The van der Waals surface area contributed by atoms with Crippen LogP contribution in [0, 0.1) is 0 Å². The summed E-state index contributed by atoms with van der Waals surface area (Å²) in [6.45, 7) is 0. The second kappa shape index (κ2) is 8.32. The van der Waals surface area contributed by atoms with Crippen molar-refractivity contribution < 1.29 is 19.8 Å². The van der Waals surface area contributed by atoms with E-state index in [1.54, 1.807) is 12.1 Å². The minimum absolute atomic E-state index is 0.0168. The quantitative estimate of drug-likeness (QED) is 0.476. The standard InChI is InChI=1S/C15H21NO4/c16-13(15(19)20)8-3-1-2-4-9-14(18)11-6-5-7-12(17)10-11/h5-7,10,13,17H,1-4,8-9,16H2,(H,19,20). The van der Waals surface area contributed by atoms with Gasteiger partial charge in [0.15, 0.2) is 5.78 Å². The molecule has 0 bridgehead atoms. The Kier molecular flexibility index (Phi) is 6.73. The summed E-state index contributed by atoms with van der Waals surface area (Å²) in [5.74, 6) is -0.856. The van der Waals surface area contributed by atoms with Crippen molar-refractivity contribution in [3.05, 3.63) is 29.8 Å². The summed E-state index contributed by atoms with van der Waals surface area (Å²) < 4.78 is 0. The van der Waals surface area contributed by atoms with Crippen molar-refractivity contribution in [1.82, 2.24) is 0 Å². The second-order valence-electron chi connectivity index (χ2n) is 4.87. The van der Waals surface area contributed by atoms with Gasteiger partial charge in [-0.1, -0.05) is 31.4 Å². The molecule has 4 N–H and O–H groups in total. The second-order valence-corrected chi connectivity index (χ2v) is 4.87. The number of phenolic OH excluding ortho intramolecular Hbond substituents is 1. The van der Waals surface area contributed by atoms with Crippen LogP contribution in [0.1, 0.15) is 48.9 Å². The maximum Gasteiger partial charge on any atom is 0.320 e. The lowest BCUT2D eigenvalue weighted by molar-refractivity contribution is -0.138. The Morgan fingerprint density at radius 1 is 1.15 bits per heavy atom. The van der Waals surface area contributed by atoms with Crippen molar-refractivity contribution in [2.75, 3.05) is 0 Å². The van der Waals surface area contributed by atoms with E-state index < -0.39 is 12.0 Å². The SMILES string of the molecule is NC(CCCCCCC(=O)c1cccc(O)c1)C(=O)O. The molecule has 0 saturated carbocycles. The summed E-state index contributed by atoms with van der Waals surface area (Å²) >= 11 is 0. The van der Waals surface area contributed by atoms with E-state index in [-0.39, 0.29) is 11.5 Å². The Hall–Kier alpha value is -1.88. The molecule has 0 aliphatic carbocycles. The fourth-order valence-corrected chi connectivity index (χ4v) is 1.95. The summed E-state index contributed by atoms with van der Waals surface area (Å²) in [5, 5.41) is 17.9. The molecule has 0 aromatic heterocycles. The molecule has 110 valence electrons. The highest BCUT2D eigenvalue weighted by Gasteiger charge is 2.10. The van der Waals surface area contributed by atoms with Gasteiger partial charge in [0.1, 0.15) is 11.8 Å². The molecule has 5 nitrogen and oxygen atoms in total. The number of carboxylic acid groups (broad SMARTS) is 1. The lowest BCUT2D eigenvalue weighted by Gasteiger charge is -2.05. The number of nitrogens with two attached hydrogens (primary N) is 1. The van der Waals surface area contributed by atoms with Gasteiger partial charge in [0, 0.05) is 12.0 Å². The Bertz CT molecular complexity index is 459. The third kappa shape index (κ3) is 5.84. The highest BCUT2D eigenvalue weighted by atomic mass is 16.4. The average molecular weight is 279 g/mol. The van der Waals surface area contributed by atoms with E-state index in [0.717, 1.165) is 25.7 Å². The predicted molar refractivity (Wildman–Crippen MR) is 75.8 cm³/mol. The fourth-order valence-electron chi connectivity index (χ4n) is 1.95. The lowest BCUT2D eigenvalue weighted by atomic mass is 10.0. The van der Waals surface area contributed by atoms with Gasteiger partial charge in [-0.3, -0.25) is 9.59 Å². The molecule has 1 rings (SSSR count). The van der Waals surface area contributed by atoms with Crippen molar-refractivity contribution in [1.29, 1.82) is 0 Å². The summed E-state index contributed by atoms with van der Waals surface area (Å²) in [5.41, 5.74) is 5.92. The van der Waals surface area contributed by atoms with Gasteiger partial charge >= 0.3 is 5.97 Å². The van der Waals surface area contributed by atoms with Gasteiger partial charge in [0.25, 0.3) is 0 Å². The number of hydrogen-bond acceptors (Lipinski definition) is 4. The number of phenols is 1. The number of carboxylic acids is 1. The number of aliphatic carboxylic acids is 1. The van der Waals surface area contributed by atoms with Crippen LogP contribution in [-0.4, -0.2) is 28.0 Å². The first-order valence-electron chi connectivity index (χ1n) is 6.81. The predicted octanol–water partition coefficient (Wildman–Crippen LogP) is 2.33. The number of aromatic hydroxyl groups is 1. The van der Waals surface area contributed by atoms with Crippen LogP contribution < -0.4 is 5.73 Å². The first-order chi connectivity index (χ1) is 9.50. The number of benzene rings is 1. The van der Waals surface area contributed by atoms with Gasteiger partial charge in [-0.05, 0) is 25.0 Å². The van der Waals surface area contributed by atoms with Gasteiger partial charge in [-0.2, -0.15) is 0 Å². The van der Waals surface area contributed by atoms with Crippen LogP contribution in [0.5, 0.6) is 5.75 Å². The number of ketones is 1. The van der Waals surface area contributed by atoms with E-state index in [9.17, 15) is 14.7 Å². The zero-order valence-corrected chi connectivity index (χ0v) is 11.4. The molecule has 0 saturated heterocycles. The van der Waals surface area contributed by atoms with E-state index >= 15 is 0 Å². The monoisotopic (exact) mass is 279 g/mol. The molecule has 0 aliphatic rings. The molecule has 0 spiro atoms. The maximum absolute atomic E-state index is 11.8. The first-order valence-corrected chi connectivity index (χ1v) is 6.81. The molecule has 20 heavy (non-hydrogen) atoms. The van der Waals surface area contributed by atoms with Crippen LogP contribution in [0.2, 0.25) is 0 Å². The number of hydrogen-bond donors (Lipinski definition) is 3. The summed E-state index contributed by atoms with van der Waals surface area (Å²) in [7, 11) is 0. The highest BCUT2D eigenvalue weighted by Crippen LogP contribution is 2.15. The van der Waals surface area contributed by atoms with E-state index in [4.69, 9.17) is 10.8 Å². The largest absolute Gasteiger partial charge is 0.508 e. The smallest absolute Gasteiger partial charge is 0.320 e. The first kappa shape index (κ1) is 16.2. The molecule has 5 heteroatoms. The molecule has 0 aliphatic heterocycles. The molecular formula is C15H21NO4. The minimum Gasteiger partial charge on any atom is -0.508 e. The van der Waals surface area contributed by atoms with Crippen molar-refractivity contribution in [2.24, 2.45) is 5.73 Å². The fraction of sp³-hybridized carbons (Fsp3) is 0.467. The van der Waals surface area contributed by atoms with Crippen LogP contribution in [0.3, 0.4) is 0 Å². The molecule has 0 fully saturated rings. The van der Waals surface area contributed by atoms with E-state index in [1.807, 2.05) is 0 Å². The van der Waals surface area contributed by atoms with Crippen molar-refractivity contribution >= 4 is 11.8 Å². The van der Waals surface area contributed by atoms with Crippen molar-refractivity contribution in [3.63, 3.8) is 0 Å². The van der Waals surface area contributed by atoms with Crippen LogP contribution in [0.15, 0.2) is 24.3 Å². The normalized spacial score (nSPS) is 12.1. The molecule has 0 radical (unpaired) electrons. The van der Waals surface area contributed by atoms with Crippen LogP contribution in [-0.2, 0) is 4.79 Å². The summed E-state index contributed by atoms with van der Waals surface area (Å²) in [6.07, 6.45) is 4.17. The van der Waals surface area contributed by atoms with Crippen LogP contribution >= 0.6 is 0 Å². The zero-order chi connectivity index (χ0) is 15.0. The van der Waals surface area contributed by atoms with Gasteiger partial charge in [0.2, 0.25) is 0 Å². The van der Waals surface area contributed by atoms with Crippen molar-refractivity contribution in [3.8, 4) is 5.75 Å². The molecule has 0 heterocycles. The highest BCUT2D eigenvalue weighted by molar-refractivity contribution is 5.96. The number of unbranched alkanes of at least 4 members (excludes halogenated alkanes) is 3. The molecular weight excluding hydrogens is 258 g/mol. The maximum atomic E-state index is 11.8. The molecule has 1 aromatic carbocycles. The van der Waals surface area contributed by atoms with Crippen LogP contribution in [0.4, 0.5) is 0 Å². The van der Waals surface area contributed by atoms with Crippen molar-refractivity contribution in [2.45, 2.75) is 44.6 Å². The number of carbonyl (C=O) groups is 2. The average Bonchev–Trinajstić information content (AvgIpc) is 2.41. The van der Waals surface area contributed by atoms with Gasteiger partial charge in [0.05, 0.1) is 0 Å². The van der Waals surface area contributed by atoms with E-state index in [2.05, 4.69) is 0 Å². The van der Waals surface area contributed by atoms with Gasteiger partial charge in [-0.25, -0.2) is 0 Å². The number of rotatable bonds is 9. The topological polar surface area (TPSA) is 101 Å². The van der Waals surface area contributed by atoms with Gasteiger partial charge < -0.3 is 15.9 Å². The van der Waals surface area contributed by atoms with E-state index in [1.165, 1.54) is 12.1 Å². The number of carbonyl (C=O) groups excluding carboxylic acids is 1. The van der Waals surface area contributed by atoms with Crippen LogP contribution in [0.25, 0.3) is 0 Å². The van der Waals surface area contributed by atoms with Gasteiger partial charge in [-0.15, -0.1) is 0 Å². The molecule has 1 aromatic rings. The van der Waals surface area contributed by atoms with E-state index in [0.29, 0.717) is 18.4 Å². The third-order valence-corrected chi connectivity index (χ3v) is 3.15. The molecule has 0 amide bonds.